The molecule has 25 heavy (non-hydrogen) atoms. The Bertz CT molecular complexity index is 873. The third kappa shape index (κ3) is 3.43. The molecule has 132 valence electrons. The van der Waals surface area contributed by atoms with Crippen LogP contribution in [0.2, 0.25) is 0 Å². The van der Waals surface area contributed by atoms with E-state index in [9.17, 15) is 4.39 Å². The molecule has 1 saturated heterocycles. The lowest BCUT2D eigenvalue weighted by molar-refractivity contribution is 0.203. The molecule has 3 aromatic rings. The van der Waals surface area contributed by atoms with Gasteiger partial charge in [-0.1, -0.05) is 6.07 Å². The first-order valence-corrected chi connectivity index (χ1v) is 8.55. The number of H-pyrrole nitrogens is 1. The van der Waals surface area contributed by atoms with Crippen LogP contribution in [0.4, 0.5) is 4.39 Å². The van der Waals surface area contributed by atoms with E-state index in [-0.39, 0.29) is 5.82 Å². The van der Waals surface area contributed by atoms with Crippen LogP contribution in [-0.4, -0.2) is 50.9 Å². The maximum atomic E-state index is 13.8. The average Bonchev–Trinajstić information content (AvgIpc) is 3.28. The van der Waals surface area contributed by atoms with Gasteiger partial charge >= 0.3 is 0 Å². The number of halogens is 1. The summed E-state index contributed by atoms with van der Waals surface area (Å²) in [6.07, 6.45) is 2.84. The van der Waals surface area contributed by atoms with Crippen molar-refractivity contribution in [1.82, 2.24) is 24.8 Å². The van der Waals surface area contributed by atoms with E-state index in [4.69, 9.17) is 4.42 Å². The smallest absolute Gasteiger partial charge is 0.208 e. The van der Waals surface area contributed by atoms with Crippen LogP contribution in [0.3, 0.4) is 0 Å². The Morgan fingerprint density at radius 2 is 2.32 bits per heavy atom. The van der Waals surface area contributed by atoms with Crippen molar-refractivity contribution in [2.24, 2.45) is 0 Å². The summed E-state index contributed by atoms with van der Waals surface area (Å²) in [5.74, 6) is 2.13. The lowest BCUT2D eigenvalue weighted by atomic mass is 10.2. The van der Waals surface area contributed by atoms with Gasteiger partial charge in [0.1, 0.15) is 17.1 Å². The topological polar surface area (TPSA) is 61.2 Å². The van der Waals surface area contributed by atoms with Crippen molar-refractivity contribution >= 4 is 11.0 Å². The van der Waals surface area contributed by atoms with Gasteiger partial charge in [-0.15, -0.1) is 0 Å². The predicted octanol–water partition coefficient (Wildman–Crippen LogP) is 2.70. The molecule has 0 aliphatic carbocycles. The summed E-state index contributed by atoms with van der Waals surface area (Å²) in [5.41, 5.74) is 1.17. The molecular weight excluding hydrogens is 321 g/mol. The number of aromatic amines is 1. The third-order valence-corrected chi connectivity index (χ3v) is 4.81. The number of oxazole rings is 1. The molecule has 0 saturated carbocycles. The van der Waals surface area contributed by atoms with Gasteiger partial charge < -0.3 is 9.40 Å². The van der Waals surface area contributed by atoms with Crippen LogP contribution >= 0.6 is 0 Å². The number of fused-ring (bicyclic) bond motifs is 1. The minimum Gasteiger partial charge on any atom is -0.445 e. The van der Waals surface area contributed by atoms with Gasteiger partial charge in [-0.25, -0.2) is 14.4 Å². The van der Waals surface area contributed by atoms with Gasteiger partial charge in [-0.3, -0.25) is 9.80 Å². The number of imidazole rings is 1. The number of hydrogen-bond acceptors (Lipinski definition) is 5. The lowest BCUT2D eigenvalue weighted by Gasteiger charge is -2.23. The maximum absolute atomic E-state index is 13.8. The number of nitrogens with zero attached hydrogens (tertiary/aromatic N) is 4. The molecule has 0 amide bonds. The highest BCUT2D eigenvalue weighted by Gasteiger charge is 2.27. The Morgan fingerprint density at radius 3 is 3.08 bits per heavy atom. The van der Waals surface area contributed by atoms with E-state index in [0.29, 0.717) is 24.6 Å². The second-order valence-corrected chi connectivity index (χ2v) is 6.78. The Morgan fingerprint density at radius 1 is 1.44 bits per heavy atom. The second-order valence-electron chi connectivity index (χ2n) is 6.78. The monoisotopic (exact) mass is 343 g/mol. The minimum atomic E-state index is -0.278. The first kappa shape index (κ1) is 16.2. The quantitative estimate of drug-likeness (QED) is 0.772. The SMILES string of the molecule is Cc1cnc(CN(C)C2CCN(Cc3nc4c(F)cccc4[nH]3)C2)o1. The molecule has 7 heteroatoms. The largest absolute Gasteiger partial charge is 0.445 e. The fourth-order valence-electron chi connectivity index (χ4n) is 3.47. The van der Waals surface area contributed by atoms with Crippen molar-refractivity contribution in [3.05, 3.63) is 47.7 Å². The zero-order chi connectivity index (χ0) is 17.4. The van der Waals surface area contributed by atoms with Crippen molar-refractivity contribution < 1.29 is 8.81 Å². The number of benzene rings is 1. The number of hydrogen-bond donors (Lipinski definition) is 1. The zero-order valence-corrected chi connectivity index (χ0v) is 14.5. The van der Waals surface area contributed by atoms with Crippen molar-refractivity contribution in [1.29, 1.82) is 0 Å². The molecule has 1 aliphatic heterocycles. The number of aromatic nitrogens is 3. The Kier molecular flexibility index (Phi) is 4.27. The summed E-state index contributed by atoms with van der Waals surface area (Å²) < 4.78 is 19.3. The second kappa shape index (κ2) is 6.57. The van der Waals surface area contributed by atoms with E-state index < -0.39 is 0 Å². The molecule has 4 rings (SSSR count). The molecule has 1 unspecified atom stereocenters. The van der Waals surface area contributed by atoms with Gasteiger partial charge in [-0.05, 0) is 32.5 Å². The van der Waals surface area contributed by atoms with E-state index in [0.717, 1.165) is 42.5 Å². The highest BCUT2D eigenvalue weighted by molar-refractivity contribution is 5.75. The number of nitrogens with one attached hydrogen (secondary N) is 1. The molecule has 6 nitrogen and oxygen atoms in total. The van der Waals surface area contributed by atoms with Crippen LogP contribution in [-0.2, 0) is 13.1 Å². The summed E-state index contributed by atoms with van der Waals surface area (Å²) >= 11 is 0. The zero-order valence-electron chi connectivity index (χ0n) is 14.5. The van der Waals surface area contributed by atoms with Crippen molar-refractivity contribution in [3.8, 4) is 0 Å². The Balaban J connectivity index is 1.37. The van der Waals surface area contributed by atoms with E-state index in [1.807, 2.05) is 13.0 Å². The predicted molar refractivity (Wildman–Crippen MR) is 92.4 cm³/mol. The van der Waals surface area contributed by atoms with Gasteiger partial charge in [-0.2, -0.15) is 0 Å². The molecule has 0 bridgehead atoms. The highest BCUT2D eigenvalue weighted by Crippen LogP contribution is 2.20. The van der Waals surface area contributed by atoms with Crippen LogP contribution in [0.5, 0.6) is 0 Å². The molecular formula is C18H22FN5O. The third-order valence-electron chi connectivity index (χ3n) is 4.81. The van der Waals surface area contributed by atoms with Crippen LogP contribution < -0.4 is 0 Å². The highest BCUT2D eigenvalue weighted by atomic mass is 19.1. The number of rotatable bonds is 5. The van der Waals surface area contributed by atoms with Crippen LogP contribution in [0.1, 0.15) is 23.9 Å². The first-order valence-electron chi connectivity index (χ1n) is 8.55. The molecule has 2 aromatic heterocycles. The van der Waals surface area contributed by atoms with E-state index in [2.05, 4.69) is 31.8 Å². The molecule has 3 heterocycles. The summed E-state index contributed by atoms with van der Waals surface area (Å²) in [6, 6.07) is 5.45. The van der Waals surface area contributed by atoms with E-state index in [1.54, 1.807) is 12.3 Å². The summed E-state index contributed by atoms with van der Waals surface area (Å²) in [7, 11) is 2.10. The molecule has 1 aromatic carbocycles. The number of aryl methyl sites for hydroxylation is 1. The standard InChI is InChI=1S/C18H22FN5O/c1-12-8-20-17(25-12)11-23(2)13-6-7-24(9-13)10-16-21-15-5-3-4-14(19)18(15)22-16/h3-5,8,13H,6-7,9-11H2,1-2H3,(H,21,22). The van der Waals surface area contributed by atoms with Gasteiger partial charge in [0.25, 0.3) is 0 Å². The van der Waals surface area contributed by atoms with Gasteiger partial charge in [0.15, 0.2) is 5.82 Å². The molecule has 1 N–H and O–H groups in total. The molecule has 1 fully saturated rings. The normalized spacial score (nSPS) is 18.6. The Labute approximate surface area is 145 Å². The lowest BCUT2D eigenvalue weighted by Crippen LogP contribution is -2.34. The number of para-hydroxylation sites is 1. The minimum absolute atomic E-state index is 0.278. The fourth-order valence-corrected chi connectivity index (χ4v) is 3.47. The van der Waals surface area contributed by atoms with Crippen molar-refractivity contribution in [2.45, 2.75) is 32.5 Å². The summed E-state index contributed by atoms with van der Waals surface area (Å²) in [4.78, 5) is 16.5. The maximum Gasteiger partial charge on any atom is 0.208 e. The molecule has 1 aliphatic rings. The van der Waals surface area contributed by atoms with Gasteiger partial charge in [0.2, 0.25) is 5.89 Å². The fraction of sp³-hybridized carbons (Fsp3) is 0.444. The molecule has 0 radical (unpaired) electrons. The van der Waals surface area contributed by atoms with E-state index in [1.165, 1.54) is 6.07 Å². The van der Waals surface area contributed by atoms with E-state index >= 15 is 0 Å². The van der Waals surface area contributed by atoms with Crippen LogP contribution in [0, 0.1) is 12.7 Å². The number of likely N-dealkylation sites (N-methyl/N-ethyl adjacent to an activating group) is 1. The molecule has 1 atom stereocenters. The summed E-state index contributed by atoms with van der Waals surface area (Å²) in [5, 5.41) is 0. The summed E-state index contributed by atoms with van der Waals surface area (Å²) in [6.45, 7) is 5.28. The van der Waals surface area contributed by atoms with Crippen molar-refractivity contribution in [3.63, 3.8) is 0 Å². The van der Waals surface area contributed by atoms with Gasteiger partial charge in [0.05, 0.1) is 24.8 Å². The van der Waals surface area contributed by atoms with Crippen LogP contribution in [0.25, 0.3) is 11.0 Å². The average molecular weight is 343 g/mol. The Hall–Kier alpha value is -2.25. The van der Waals surface area contributed by atoms with Gasteiger partial charge in [0, 0.05) is 19.1 Å². The van der Waals surface area contributed by atoms with Crippen molar-refractivity contribution in [2.75, 3.05) is 20.1 Å². The number of likely N-dealkylation sites (tertiary alicyclic amines) is 1. The van der Waals surface area contributed by atoms with Crippen LogP contribution in [0.15, 0.2) is 28.8 Å². The first-order chi connectivity index (χ1) is 12.1. The molecule has 0 spiro atoms.